The smallest absolute Gasteiger partial charge is 0.356 e. The summed E-state index contributed by atoms with van der Waals surface area (Å²) < 4.78 is 12.8. The summed E-state index contributed by atoms with van der Waals surface area (Å²) in [5, 5.41) is 10.6. The molecule has 6 nitrogen and oxygen atoms in total. The van der Waals surface area contributed by atoms with E-state index in [0.29, 0.717) is 34.6 Å². The van der Waals surface area contributed by atoms with Crippen molar-refractivity contribution in [2.45, 2.75) is 13.5 Å². The van der Waals surface area contributed by atoms with Crippen LogP contribution in [0.1, 0.15) is 23.1 Å². The Morgan fingerprint density at radius 2 is 2.19 bits per heavy atom. The van der Waals surface area contributed by atoms with Gasteiger partial charge >= 0.3 is 5.97 Å². The van der Waals surface area contributed by atoms with Crippen molar-refractivity contribution in [1.82, 2.24) is 14.9 Å². The van der Waals surface area contributed by atoms with Crippen LogP contribution in [-0.4, -0.2) is 27.5 Å². The van der Waals surface area contributed by atoms with Crippen molar-refractivity contribution in [2.75, 3.05) is 6.61 Å². The van der Waals surface area contributed by atoms with Gasteiger partial charge in [0, 0.05) is 6.07 Å². The average molecular weight is 420 g/mol. The predicted octanol–water partition coefficient (Wildman–Crippen LogP) is 5.21. The zero-order chi connectivity index (χ0) is 18.8. The monoisotopic (exact) mass is 419 g/mol. The quantitative estimate of drug-likeness (QED) is 0.401. The molecule has 138 valence electrons. The Kier molecular flexibility index (Phi) is 5.11. The van der Waals surface area contributed by atoms with E-state index in [0.717, 1.165) is 15.4 Å². The van der Waals surface area contributed by atoms with E-state index < -0.39 is 5.97 Å². The van der Waals surface area contributed by atoms with Gasteiger partial charge in [0.1, 0.15) is 17.1 Å². The topological polar surface area (TPSA) is 70.2 Å². The van der Waals surface area contributed by atoms with Crippen LogP contribution < -0.4 is 0 Å². The van der Waals surface area contributed by atoms with E-state index in [9.17, 15) is 4.79 Å². The number of carbonyl (C=O) groups excluding carboxylic acids is 1. The van der Waals surface area contributed by atoms with Gasteiger partial charge in [-0.05, 0) is 36.6 Å². The Bertz CT molecular complexity index is 1070. The highest BCUT2D eigenvalue weighted by molar-refractivity contribution is 7.19. The van der Waals surface area contributed by atoms with Crippen LogP contribution in [0.15, 0.2) is 46.3 Å². The van der Waals surface area contributed by atoms with Crippen molar-refractivity contribution in [3.8, 4) is 21.2 Å². The largest absolute Gasteiger partial charge is 0.461 e. The number of rotatable bonds is 6. The summed E-state index contributed by atoms with van der Waals surface area (Å²) in [6, 6.07) is 11.2. The minimum absolute atomic E-state index is 0.294. The number of esters is 1. The second-order valence-electron chi connectivity index (χ2n) is 5.56. The van der Waals surface area contributed by atoms with Crippen molar-refractivity contribution in [1.29, 1.82) is 0 Å². The van der Waals surface area contributed by atoms with E-state index in [4.69, 9.17) is 20.9 Å². The summed E-state index contributed by atoms with van der Waals surface area (Å²) in [6.07, 6.45) is 0. The van der Waals surface area contributed by atoms with Crippen LogP contribution in [0.25, 0.3) is 21.2 Å². The fourth-order valence-electron chi connectivity index (χ4n) is 2.55. The summed E-state index contributed by atoms with van der Waals surface area (Å²) in [4.78, 5) is 14.2. The number of hydrogen-bond donors (Lipinski definition) is 0. The van der Waals surface area contributed by atoms with Crippen LogP contribution in [0.2, 0.25) is 4.34 Å². The van der Waals surface area contributed by atoms with Crippen LogP contribution in [0, 0.1) is 0 Å². The molecular formula is C18H14ClN3O3S2. The minimum atomic E-state index is -0.415. The molecule has 0 atom stereocenters. The lowest BCUT2D eigenvalue weighted by molar-refractivity contribution is 0.0512. The third-order valence-corrected chi connectivity index (χ3v) is 5.86. The van der Waals surface area contributed by atoms with Crippen LogP contribution in [0.5, 0.6) is 0 Å². The first kappa shape index (κ1) is 18.0. The lowest BCUT2D eigenvalue weighted by Gasteiger charge is -2.04. The Morgan fingerprint density at radius 1 is 1.30 bits per heavy atom. The fourth-order valence-corrected chi connectivity index (χ4v) is 4.23. The van der Waals surface area contributed by atoms with Crippen molar-refractivity contribution >= 4 is 40.2 Å². The van der Waals surface area contributed by atoms with Crippen molar-refractivity contribution in [3.05, 3.63) is 57.5 Å². The first-order valence-corrected chi connectivity index (χ1v) is 10.2. The van der Waals surface area contributed by atoms with Crippen LogP contribution >= 0.6 is 34.3 Å². The second kappa shape index (κ2) is 7.67. The number of ether oxygens (including phenoxy) is 1. The number of hydrogen-bond acceptors (Lipinski definition) is 7. The first-order chi connectivity index (χ1) is 13.1. The summed E-state index contributed by atoms with van der Waals surface area (Å²) in [5.74, 6) is 0.215. The Labute approximate surface area is 167 Å². The van der Waals surface area contributed by atoms with Gasteiger partial charge in [-0.3, -0.25) is 4.68 Å². The molecule has 0 unspecified atom stereocenters. The van der Waals surface area contributed by atoms with Gasteiger partial charge in [-0.25, -0.2) is 4.79 Å². The van der Waals surface area contributed by atoms with Gasteiger partial charge in [-0.15, -0.1) is 22.7 Å². The zero-order valence-electron chi connectivity index (χ0n) is 14.2. The van der Waals surface area contributed by atoms with Gasteiger partial charge in [0.25, 0.3) is 0 Å². The molecule has 4 aromatic rings. The maximum atomic E-state index is 12.3. The average Bonchev–Trinajstić information content (AvgIpc) is 3.42. The molecule has 0 fully saturated rings. The third-order valence-electron chi connectivity index (χ3n) is 3.72. The molecule has 0 spiro atoms. The lowest BCUT2D eigenvalue weighted by Crippen LogP contribution is -2.14. The van der Waals surface area contributed by atoms with Gasteiger partial charge in [-0.1, -0.05) is 22.8 Å². The zero-order valence-corrected chi connectivity index (χ0v) is 16.6. The molecule has 0 saturated carbocycles. The molecule has 0 aromatic carbocycles. The molecule has 0 aliphatic carbocycles. The SMILES string of the molecule is CCOC(=O)c1cc(-c2cccs2)nn1Cc1cc(-c2ccc(Cl)s2)on1. The molecule has 4 aromatic heterocycles. The van der Waals surface area contributed by atoms with Gasteiger partial charge in [0.15, 0.2) is 5.76 Å². The second-order valence-corrected chi connectivity index (χ2v) is 8.22. The standard InChI is InChI=1S/C18H14ClN3O3S2/c1-2-24-18(23)13-9-12(15-4-3-7-26-15)20-22(13)10-11-8-14(25-21-11)16-5-6-17(19)27-16/h3-9H,2,10H2,1H3. The molecule has 0 N–H and O–H groups in total. The first-order valence-electron chi connectivity index (χ1n) is 8.14. The van der Waals surface area contributed by atoms with Crippen LogP contribution in [0.3, 0.4) is 0 Å². The molecule has 4 heterocycles. The molecule has 0 saturated heterocycles. The predicted molar refractivity (Wildman–Crippen MR) is 105 cm³/mol. The molecule has 0 aliphatic rings. The lowest BCUT2D eigenvalue weighted by atomic mass is 10.3. The Balaban J connectivity index is 1.64. The Morgan fingerprint density at radius 3 is 2.89 bits per heavy atom. The highest BCUT2D eigenvalue weighted by Gasteiger charge is 2.19. The molecule has 0 amide bonds. The summed E-state index contributed by atoms with van der Waals surface area (Å²) >= 11 is 8.95. The number of carbonyl (C=O) groups is 1. The third kappa shape index (κ3) is 3.83. The van der Waals surface area contributed by atoms with Gasteiger partial charge in [-0.2, -0.15) is 5.10 Å². The van der Waals surface area contributed by atoms with Crippen molar-refractivity contribution in [2.24, 2.45) is 0 Å². The van der Waals surface area contributed by atoms with Gasteiger partial charge in [0.05, 0.1) is 27.2 Å². The van der Waals surface area contributed by atoms with Crippen molar-refractivity contribution in [3.63, 3.8) is 0 Å². The highest BCUT2D eigenvalue weighted by atomic mass is 35.5. The van der Waals surface area contributed by atoms with E-state index >= 15 is 0 Å². The maximum Gasteiger partial charge on any atom is 0.356 e. The molecule has 9 heteroatoms. The van der Waals surface area contributed by atoms with Crippen LogP contribution in [-0.2, 0) is 11.3 Å². The van der Waals surface area contributed by atoms with E-state index in [2.05, 4.69) is 10.3 Å². The van der Waals surface area contributed by atoms with Crippen LogP contribution in [0.4, 0.5) is 0 Å². The molecule has 0 radical (unpaired) electrons. The molecule has 0 bridgehead atoms. The van der Waals surface area contributed by atoms with E-state index in [1.807, 2.05) is 35.7 Å². The minimum Gasteiger partial charge on any atom is -0.461 e. The van der Waals surface area contributed by atoms with Gasteiger partial charge in [0.2, 0.25) is 0 Å². The molecule has 0 aliphatic heterocycles. The number of aromatic nitrogens is 3. The fraction of sp³-hybridized carbons (Fsp3) is 0.167. The van der Waals surface area contributed by atoms with Crippen molar-refractivity contribution < 1.29 is 14.1 Å². The van der Waals surface area contributed by atoms with Gasteiger partial charge < -0.3 is 9.26 Å². The normalized spacial score (nSPS) is 11.0. The summed E-state index contributed by atoms with van der Waals surface area (Å²) in [7, 11) is 0. The maximum absolute atomic E-state index is 12.3. The molecular weight excluding hydrogens is 406 g/mol. The van der Waals surface area contributed by atoms with E-state index in [1.54, 1.807) is 29.0 Å². The Hall–Kier alpha value is -2.42. The molecule has 4 rings (SSSR count). The highest BCUT2D eigenvalue weighted by Crippen LogP contribution is 2.31. The van der Waals surface area contributed by atoms with E-state index in [1.165, 1.54) is 11.3 Å². The summed E-state index contributed by atoms with van der Waals surface area (Å²) in [6.45, 7) is 2.36. The number of nitrogens with zero attached hydrogens (tertiary/aromatic N) is 3. The number of thiophene rings is 2. The summed E-state index contributed by atoms with van der Waals surface area (Å²) in [5.41, 5.74) is 1.76. The number of halogens is 1. The van der Waals surface area contributed by atoms with E-state index in [-0.39, 0.29) is 0 Å². The molecule has 27 heavy (non-hydrogen) atoms.